The third kappa shape index (κ3) is 3.19. The smallest absolute Gasteiger partial charge is 0.249 e. The van der Waals surface area contributed by atoms with Crippen molar-refractivity contribution in [3.63, 3.8) is 0 Å². The summed E-state index contributed by atoms with van der Waals surface area (Å²) in [7, 11) is 0. The molecule has 0 bridgehead atoms. The average molecular weight is 165 g/mol. The summed E-state index contributed by atoms with van der Waals surface area (Å²) < 4.78 is 0. The fraction of sp³-hybridized carbons (Fsp3) is 0.300. The zero-order chi connectivity index (χ0) is 9.56. The number of amides is 1. The molecule has 0 aromatic rings. The number of hydrogen-bond acceptors (Lipinski definition) is 1. The summed E-state index contributed by atoms with van der Waals surface area (Å²) in [5.41, 5.74) is 0.540. The molecule has 1 amide bonds. The second-order valence-electron chi connectivity index (χ2n) is 2.57. The lowest BCUT2D eigenvalue weighted by molar-refractivity contribution is -0.126. The van der Waals surface area contributed by atoms with Crippen molar-refractivity contribution in [1.82, 2.24) is 4.90 Å². The Kier molecular flexibility index (Phi) is 4.77. The Morgan fingerprint density at radius 3 is 2.00 bits per heavy atom. The van der Waals surface area contributed by atoms with E-state index in [-0.39, 0.29) is 5.91 Å². The van der Waals surface area contributed by atoms with E-state index in [9.17, 15) is 4.79 Å². The van der Waals surface area contributed by atoms with Gasteiger partial charge in [0.2, 0.25) is 5.91 Å². The summed E-state index contributed by atoms with van der Waals surface area (Å²) >= 11 is 0. The van der Waals surface area contributed by atoms with Gasteiger partial charge in [0.1, 0.15) is 0 Å². The van der Waals surface area contributed by atoms with E-state index < -0.39 is 0 Å². The molecule has 0 aromatic carbocycles. The van der Waals surface area contributed by atoms with Crippen LogP contribution in [0.1, 0.15) is 6.92 Å². The molecule has 0 aromatic heterocycles. The average Bonchev–Trinajstić information content (AvgIpc) is 2.03. The van der Waals surface area contributed by atoms with Crippen LogP contribution < -0.4 is 0 Å². The minimum Gasteiger partial charge on any atom is -0.332 e. The summed E-state index contributed by atoms with van der Waals surface area (Å²) in [5, 5.41) is 0. The number of hydrogen-bond donors (Lipinski definition) is 0. The van der Waals surface area contributed by atoms with Gasteiger partial charge in [0, 0.05) is 18.7 Å². The van der Waals surface area contributed by atoms with E-state index in [0.717, 1.165) is 0 Å². The minimum absolute atomic E-state index is 0.0465. The maximum absolute atomic E-state index is 11.4. The first-order valence-electron chi connectivity index (χ1n) is 3.80. The maximum Gasteiger partial charge on any atom is 0.249 e. The fourth-order valence-corrected chi connectivity index (χ4v) is 0.822. The molecule has 0 radical (unpaired) electrons. The largest absolute Gasteiger partial charge is 0.332 e. The van der Waals surface area contributed by atoms with Crippen LogP contribution in [0.15, 0.2) is 37.5 Å². The molecule has 0 rings (SSSR count). The number of nitrogens with zero attached hydrogens (tertiary/aromatic N) is 1. The molecular weight excluding hydrogens is 150 g/mol. The van der Waals surface area contributed by atoms with Gasteiger partial charge >= 0.3 is 0 Å². The SMILES string of the molecule is C=CCN(CC=C)C(=O)C(=C)C. The summed E-state index contributed by atoms with van der Waals surface area (Å²) in [5.74, 6) is -0.0465. The van der Waals surface area contributed by atoms with Gasteiger partial charge in [-0.05, 0) is 6.92 Å². The Bertz CT molecular complexity index is 196. The van der Waals surface area contributed by atoms with E-state index >= 15 is 0 Å². The van der Waals surface area contributed by atoms with E-state index in [4.69, 9.17) is 0 Å². The van der Waals surface area contributed by atoms with Crippen LogP contribution in [-0.2, 0) is 4.79 Å². The highest BCUT2D eigenvalue weighted by Crippen LogP contribution is 1.98. The van der Waals surface area contributed by atoms with Gasteiger partial charge < -0.3 is 4.90 Å². The van der Waals surface area contributed by atoms with Crippen molar-refractivity contribution in [2.75, 3.05) is 13.1 Å². The minimum atomic E-state index is -0.0465. The third-order valence-electron chi connectivity index (χ3n) is 1.35. The highest BCUT2D eigenvalue weighted by molar-refractivity contribution is 5.92. The van der Waals surface area contributed by atoms with Crippen molar-refractivity contribution in [2.24, 2.45) is 0 Å². The van der Waals surface area contributed by atoms with Crippen LogP contribution in [0.5, 0.6) is 0 Å². The van der Waals surface area contributed by atoms with Crippen LogP contribution in [0.2, 0.25) is 0 Å². The molecular formula is C10H15NO. The molecule has 2 heteroatoms. The van der Waals surface area contributed by atoms with Crippen LogP contribution >= 0.6 is 0 Å². The summed E-state index contributed by atoms with van der Waals surface area (Å²) in [6, 6.07) is 0. The van der Waals surface area contributed by atoms with Crippen LogP contribution in [-0.4, -0.2) is 23.9 Å². The van der Waals surface area contributed by atoms with Crippen LogP contribution in [0, 0.1) is 0 Å². The number of carbonyl (C=O) groups excluding carboxylic acids is 1. The van der Waals surface area contributed by atoms with E-state index in [1.54, 1.807) is 24.0 Å². The molecule has 0 saturated heterocycles. The molecule has 0 saturated carbocycles. The topological polar surface area (TPSA) is 20.3 Å². The molecule has 0 heterocycles. The number of carbonyl (C=O) groups is 1. The Hall–Kier alpha value is -1.31. The van der Waals surface area contributed by atoms with Gasteiger partial charge in [-0.25, -0.2) is 0 Å². The van der Waals surface area contributed by atoms with Gasteiger partial charge in [-0.15, -0.1) is 13.2 Å². The van der Waals surface area contributed by atoms with Crippen molar-refractivity contribution in [1.29, 1.82) is 0 Å². The zero-order valence-electron chi connectivity index (χ0n) is 7.55. The van der Waals surface area contributed by atoms with Gasteiger partial charge in [-0.1, -0.05) is 18.7 Å². The lowest BCUT2D eigenvalue weighted by Crippen LogP contribution is -2.31. The van der Waals surface area contributed by atoms with Crippen LogP contribution in [0.3, 0.4) is 0 Å². The molecule has 0 aliphatic heterocycles. The molecule has 0 N–H and O–H groups in total. The first kappa shape index (κ1) is 10.7. The van der Waals surface area contributed by atoms with Crippen LogP contribution in [0.25, 0.3) is 0 Å². The van der Waals surface area contributed by atoms with Gasteiger partial charge in [0.05, 0.1) is 0 Å². The quantitative estimate of drug-likeness (QED) is 0.449. The molecule has 0 aliphatic rings. The second-order valence-corrected chi connectivity index (χ2v) is 2.57. The van der Waals surface area contributed by atoms with E-state index in [1.807, 2.05) is 0 Å². The molecule has 2 nitrogen and oxygen atoms in total. The van der Waals surface area contributed by atoms with Crippen LogP contribution in [0.4, 0.5) is 0 Å². The lowest BCUT2D eigenvalue weighted by atomic mass is 10.3. The second kappa shape index (κ2) is 5.35. The van der Waals surface area contributed by atoms with E-state index in [0.29, 0.717) is 18.7 Å². The highest BCUT2D eigenvalue weighted by Gasteiger charge is 2.09. The van der Waals surface area contributed by atoms with Crippen molar-refractivity contribution in [2.45, 2.75) is 6.92 Å². The lowest BCUT2D eigenvalue weighted by Gasteiger charge is -2.18. The van der Waals surface area contributed by atoms with Crippen molar-refractivity contribution in [3.8, 4) is 0 Å². The first-order chi connectivity index (χ1) is 5.63. The molecule has 0 aliphatic carbocycles. The van der Waals surface area contributed by atoms with Crippen molar-refractivity contribution >= 4 is 5.91 Å². The first-order valence-corrected chi connectivity index (χ1v) is 3.80. The Balaban J connectivity index is 4.26. The van der Waals surface area contributed by atoms with Gasteiger partial charge in [0.25, 0.3) is 0 Å². The molecule has 0 fully saturated rings. The zero-order valence-corrected chi connectivity index (χ0v) is 7.55. The normalized spacial score (nSPS) is 8.75. The van der Waals surface area contributed by atoms with Gasteiger partial charge in [0.15, 0.2) is 0 Å². The molecule has 66 valence electrons. The van der Waals surface area contributed by atoms with E-state index in [1.165, 1.54) is 0 Å². The van der Waals surface area contributed by atoms with Crippen molar-refractivity contribution < 1.29 is 4.79 Å². The molecule has 0 spiro atoms. The predicted octanol–water partition coefficient (Wildman–Crippen LogP) is 1.76. The molecule has 0 atom stereocenters. The monoisotopic (exact) mass is 165 g/mol. The number of rotatable bonds is 5. The van der Waals surface area contributed by atoms with Gasteiger partial charge in [-0.3, -0.25) is 4.79 Å². The Morgan fingerprint density at radius 1 is 1.33 bits per heavy atom. The van der Waals surface area contributed by atoms with Crippen molar-refractivity contribution in [3.05, 3.63) is 37.5 Å². The third-order valence-corrected chi connectivity index (χ3v) is 1.35. The highest BCUT2D eigenvalue weighted by atomic mass is 16.2. The Morgan fingerprint density at radius 2 is 1.75 bits per heavy atom. The summed E-state index contributed by atoms with van der Waals surface area (Å²) in [4.78, 5) is 13.0. The standard InChI is InChI=1S/C10H15NO/c1-5-7-11(8-6-2)10(12)9(3)4/h5-6H,1-3,7-8H2,4H3. The Labute approximate surface area is 73.9 Å². The summed E-state index contributed by atoms with van der Waals surface area (Å²) in [6.45, 7) is 13.5. The van der Waals surface area contributed by atoms with Gasteiger partial charge in [-0.2, -0.15) is 0 Å². The fourth-order valence-electron chi connectivity index (χ4n) is 0.822. The maximum atomic E-state index is 11.4. The summed E-state index contributed by atoms with van der Waals surface area (Å²) in [6.07, 6.45) is 3.37. The molecule has 0 unspecified atom stereocenters. The molecule has 12 heavy (non-hydrogen) atoms. The predicted molar refractivity (Wildman–Crippen MR) is 51.8 cm³/mol. The van der Waals surface area contributed by atoms with E-state index in [2.05, 4.69) is 19.7 Å².